The first-order chi connectivity index (χ1) is 11.8. The molecule has 0 radical (unpaired) electrons. The molecule has 2 N–H and O–H groups in total. The minimum atomic E-state index is -1.21. The highest BCUT2D eigenvalue weighted by Crippen LogP contribution is 2.29. The van der Waals surface area contributed by atoms with Crippen LogP contribution in [0.3, 0.4) is 0 Å². The molecule has 0 spiro atoms. The lowest BCUT2D eigenvalue weighted by Gasteiger charge is -2.31. The van der Waals surface area contributed by atoms with Crippen molar-refractivity contribution in [3.8, 4) is 0 Å². The number of carboxylic acids is 1. The molecular weight excluding hydrogens is 326 g/mol. The summed E-state index contributed by atoms with van der Waals surface area (Å²) in [6.45, 7) is 3.68. The number of carbonyl (C=O) groups excluding carboxylic acids is 2. The molecule has 8 heteroatoms. The lowest BCUT2D eigenvalue weighted by atomic mass is 9.84. The van der Waals surface area contributed by atoms with Gasteiger partial charge in [0.1, 0.15) is 12.1 Å². The number of hydrogen-bond acceptors (Lipinski definition) is 4. The number of rotatable bonds is 10. The average Bonchev–Trinajstić information content (AvgIpc) is 2.56. The summed E-state index contributed by atoms with van der Waals surface area (Å²) in [4.78, 5) is 37.9. The second-order valence-corrected chi connectivity index (χ2v) is 6.65. The molecule has 0 heterocycles. The summed E-state index contributed by atoms with van der Waals surface area (Å²) in [5.74, 6) is -2.09. The van der Waals surface area contributed by atoms with Gasteiger partial charge in [-0.05, 0) is 39.0 Å². The van der Waals surface area contributed by atoms with E-state index in [0.29, 0.717) is 6.21 Å². The minimum Gasteiger partial charge on any atom is -0.480 e. The number of nitrogens with zero attached hydrogens (tertiary/aromatic N) is 2. The highest BCUT2D eigenvalue weighted by Gasteiger charge is 2.33. The largest absolute Gasteiger partial charge is 0.480 e. The van der Waals surface area contributed by atoms with E-state index in [0.717, 1.165) is 32.1 Å². The van der Waals surface area contributed by atoms with Gasteiger partial charge in [0.2, 0.25) is 11.7 Å². The van der Waals surface area contributed by atoms with Crippen molar-refractivity contribution in [1.29, 1.82) is 0 Å². The molecule has 140 valence electrons. The monoisotopic (exact) mass is 353 g/mol. The predicted octanol–water partition coefficient (Wildman–Crippen LogP) is 1.58. The number of nitrogens with one attached hydrogen (secondary N) is 1. The summed E-state index contributed by atoms with van der Waals surface area (Å²) in [7, 11) is 0. The van der Waals surface area contributed by atoms with E-state index in [1.165, 1.54) is 0 Å². The van der Waals surface area contributed by atoms with E-state index in [-0.39, 0.29) is 24.9 Å². The molecule has 1 rings (SSSR count). The van der Waals surface area contributed by atoms with E-state index < -0.39 is 29.8 Å². The van der Waals surface area contributed by atoms with E-state index in [9.17, 15) is 19.5 Å². The van der Waals surface area contributed by atoms with Gasteiger partial charge in [0.15, 0.2) is 0 Å². The van der Waals surface area contributed by atoms with Gasteiger partial charge in [-0.1, -0.05) is 19.3 Å². The van der Waals surface area contributed by atoms with Crippen molar-refractivity contribution in [3.63, 3.8) is 0 Å². The summed E-state index contributed by atoms with van der Waals surface area (Å²) in [5, 5.41) is 11.8. The van der Waals surface area contributed by atoms with Gasteiger partial charge in [-0.3, -0.25) is 9.59 Å². The Labute approximate surface area is 147 Å². The Morgan fingerprint density at radius 2 is 1.92 bits per heavy atom. The van der Waals surface area contributed by atoms with Gasteiger partial charge >= 0.3 is 12.2 Å². The summed E-state index contributed by atoms with van der Waals surface area (Å²) in [5.41, 5.74) is 8.30. The maximum atomic E-state index is 12.6. The number of ether oxygens (including phenoxy) is 1. The number of aliphatic carboxylic acids is 1. The highest BCUT2D eigenvalue weighted by atomic mass is 16.5. The Morgan fingerprint density at radius 3 is 2.44 bits per heavy atom. The van der Waals surface area contributed by atoms with Crippen LogP contribution in [0.4, 0.5) is 0 Å². The molecule has 0 aromatic heterocycles. The molecule has 2 atom stereocenters. The third kappa shape index (κ3) is 7.58. The van der Waals surface area contributed by atoms with E-state index in [1.807, 2.05) is 13.8 Å². The Bertz CT molecular complexity index is 522. The Balaban J connectivity index is 2.73. The molecule has 0 aromatic carbocycles. The fourth-order valence-corrected chi connectivity index (χ4v) is 3.04. The zero-order chi connectivity index (χ0) is 18.8. The SMILES string of the molecule is CC(C)O[C@H](C(=O)N[C@@H](CCC(=O)C=[N+]=[N-])C(=O)O)C1CCCCC1. The summed E-state index contributed by atoms with van der Waals surface area (Å²) in [6, 6.07) is -1.19. The molecule has 0 saturated heterocycles. The molecule has 0 aromatic rings. The first-order valence-electron chi connectivity index (χ1n) is 8.74. The molecule has 0 aliphatic heterocycles. The van der Waals surface area contributed by atoms with Gasteiger partial charge in [-0.25, -0.2) is 4.79 Å². The van der Waals surface area contributed by atoms with Crippen LogP contribution in [0, 0.1) is 5.92 Å². The van der Waals surface area contributed by atoms with Gasteiger partial charge < -0.3 is 20.7 Å². The van der Waals surface area contributed by atoms with Crippen LogP contribution in [0.15, 0.2) is 0 Å². The lowest BCUT2D eigenvalue weighted by Crippen LogP contribution is -2.49. The fourth-order valence-electron chi connectivity index (χ4n) is 3.04. The molecule has 0 unspecified atom stereocenters. The first-order valence-corrected chi connectivity index (χ1v) is 8.74. The number of amides is 1. The highest BCUT2D eigenvalue weighted by molar-refractivity contribution is 6.25. The second kappa shape index (κ2) is 10.7. The van der Waals surface area contributed by atoms with Crippen molar-refractivity contribution >= 4 is 23.9 Å². The van der Waals surface area contributed by atoms with Crippen LogP contribution in [0.1, 0.15) is 58.8 Å². The van der Waals surface area contributed by atoms with Crippen molar-refractivity contribution in [2.75, 3.05) is 0 Å². The van der Waals surface area contributed by atoms with Crippen LogP contribution >= 0.6 is 0 Å². The molecule has 8 nitrogen and oxygen atoms in total. The summed E-state index contributed by atoms with van der Waals surface area (Å²) < 4.78 is 5.77. The van der Waals surface area contributed by atoms with Crippen LogP contribution in [-0.2, 0) is 19.1 Å². The van der Waals surface area contributed by atoms with Crippen molar-refractivity contribution < 1.29 is 29.0 Å². The minimum absolute atomic E-state index is 0.0775. The van der Waals surface area contributed by atoms with Gasteiger partial charge in [0.25, 0.3) is 0 Å². The van der Waals surface area contributed by atoms with Crippen LogP contribution in [-0.4, -0.2) is 52.0 Å². The van der Waals surface area contributed by atoms with Gasteiger partial charge in [0.05, 0.1) is 6.10 Å². The lowest BCUT2D eigenvalue weighted by molar-refractivity contribution is -0.148. The molecular formula is C17H27N3O5. The van der Waals surface area contributed by atoms with Crippen LogP contribution in [0.25, 0.3) is 5.53 Å². The summed E-state index contributed by atoms with van der Waals surface area (Å²) in [6.07, 6.45) is 4.64. The quantitative estimate of drug-likeness (QED) is 0.350. The zero-order valence-corrected chi connectivity index (χ0v) is 14.8. The number of carboxylic acid groups (broad SMARTS) is 1. The molecule has 0 bridgehead atoms. The smallest absolute Gasteiger partial charge is 0.326 e. The van der Waals surface area contributed by atoms with Crippen molar-refractivity contribution in [2.45, 2.75) is 77.0 Å². The van der Waals surface area contributed by atoms with Gasteiger partial charge in [-0.15, -0.1) is 0 Å². The topological polar surface area (TPSA) is 129 Å². The number of hydrogen-bond donors (Lipinski definition) is 2. The maximum Gasteiger partial charge on any atom is 0.326 e. The summed E-state index contributed by atoms with van der Waals surface area (Å²) >= 11 is 0. The average molecular weight is 353 g/mol. The predicted molar refractivity (Wildman–Crippen MR) is 90.1 cm³/mol. The van der Waals surface area contributed by atoms with E-state index in [2.05, 4.69) is 10.1 Å². The van der Waals surface area contributed by atoms with Crippen LogP contribution in [0.2, 0.25) is 0 Å². The van der Waals surface area contributed by atoms with Crippen molar-refractivity contribution in [3.05, 3.63) is 5.53 Å². The van der Waals surface area contributed by atoms with Crippen molar-refractivity contribution in [1.82, 2.24) is 5.32 Å². The van der Waals surface area contributed by atoms with Crippen LogP contribution < -0.4 is 5.32 Å². The number of Topliss-reactive ketones (excluding diaryl/α,β-unsaturated/α-hetero) is 1. The van der Waals surface area contributed by atoms with Gasteiger partial charge in [0, 0.05) is 6.42 Å². The maximum absolute atomic E-state index is 12.6. The zero-order valence-electron chi connectivity index (χ0n) is 14.8. The van der Waals surface area contributed by atoms with E-state index >= 15 is 0 Å². The molecule has 25 heavy (non-hydrogen) atoms. The normalized spacial score (nSPS) is 17.4. The first kappa shape index (κ1) is 21.0. The molecule has 1 aliphatic rings. The molecule has 1 amide bonds. The van der Waals surface area contributed by atoms with Gasteiger partial charge in [-0.2, -0.15) is 4.79 Å². The number of ketones is 1. The van der Waals surface area contributed by atoms with E-state index in [4.69, 9.17) is 10.3 Å². The van der Waals surface area contributed by atoms with Crippen molar-refractivity contribution in [2.24, 2.45) is 5.92 Å². The standard InChI is InChI=1S/C17H27N3O5/c1-11(2)25-15(12-6-4-3-5-7-12)16(22)20-14(17(23)24)9-8-13(21)10-19-18/h10-12,14-15H,3-9H2,1-2H3,(H,20,22)(H,23,24)/t14-,15-/m0/s1. The molecule has 1 aliphatic carbocycles. The Kier molecular flexibility index (Phi) is 9.02. The second-order valence-electron chi connectivity index (χ2n) is 6.65. The Hall–Kier alpha value is -2.05. The van der Waals surface area contributed by atoms with E-state index in [1.54, 1.807) is 0 Å². The fraction of sp³-hybridized carbons (Fsp3) is 0.765. The molecule has 1 saturated carbocycles. The van der Waals surface area contributed by atoms with Crippen LogP contribution in [0.5, 0.6) is 0 Å². The molecule has 1 fully saturated rings. The number of carbonyl (C=O) groups is 3. The third-order valence-electron chi connectivity index (χ3n) is 4.25. The Morgan fingerprint density at radius 1 is 1.28 bits per heavy atom. The third-order valence-corrected chi connectivity index (χ3v) is 4.25.